The van der Waals surface area contributed by atoms with Gasteiger partial charge in [0, 0.05) is 48.1 Å². The van der Waals surface area contributed by atoms with E-state index in [1.54, 1.807) is 34.3 Å². The number of rotatable bonds is 5. The number of hydrogen-bond donors (Lipinski definition) is 7. The Bertz CT molecular complexity index is 1410. The molecule has 3 aliphatic rings. The molecule has 3 amide bonds. The van der Waals surface area contributed by atoms with Gasteiger partial charge in [-0.1, -0.05) is 0 Å². The standard InChI is InChI=1S/C28H38N6O7/c1-27(2,3)32-31-26(40)30-13-10-15-14(17(11-13)33(4)5)8-12-9-16-20(34(6)7)22(36)19(25(29)39)24(38)28(16,41)23(37)18(12)21(15)35/h10-12,16,20,32,35,38,41H,8-9H2,1-7H3,(H2,29,39)(H2,30,31,40)/t12?,16?,20-,28-/m0/s1. The van der Waals surface area contributed by atoms with Gasteiger partial charge >= 0.3 is 6.03 Å². The van der Waals surface area contributed by atoms with Gasteiger partial charge in [0.25, 0.3) is 5.91 Å². The van der Waals surface area contributed by atoms with E-state index in [4.69, 9.17) is 5.73 Å². The number of Topliss-reactive ketones (excluding diaryl/α,β-unsaturated/α-hetero) is 2. The molecule has 2 unspecified atom stereocenters. The number of anilines is 2. The zero-order valence-corrected chi connectivity index (χ0v) is 24.2. The van der Waals surface area contributed by atoms with E-state index in [1.807, 2.05) is 25.7 Å². The highest BCUT2D eigenvalue weighted by atomic mass is 16.3. The van der Waals surface area contributed by atoms with Gasteiger partial charge < -0.3 is 31.3 Å². The Morgan fingerprint density at radius 3 is 2.27 bits per heavy atom. The second-order valence-corrected chi connectivity index (χ2v) is 12.3. The van der Waals surface area contributed by atoms with E-state index in [0.717, 1.165) is 0 Å². The third-order valence-electron chi connectivity index (χ3n) is 7.85. The summed E-state index contributed by atoms with van der Waals surface area (Å²) in [5.41, 5.74) is 8.80. The molecule has 0 saturated heterocycles. The Labute approximate surface area is 238 Å². The van der Waals surface area contributed by atoms with E-state index in [2.05, 4.69) is 16.2 Å². The summed E-state index contributed by atoms with van der Waals surface area (Å²) in [5.74, 6) is -6.27. The number of likely N-dealkylation sites (N-methyl/N-ethyl adjacent to an activating group) is 1. The van der Waals surface area contributed by atoms with Crippen molar-refractivity contribution in [1.29, 1.82) is 0 Å². The van der Waals surface area contributed by atoms with Gasteiger partial charge in [-0.3, -0.25) is 24.7 Å². The molecular weight excluding hydrogens is 532 g/mol. The molecule has 1 aromatic rings. The van der Waals surface area contributed by atoms with Crippen molar-refractivity contribution in [2.45, 2.75) is 50.8 Å². The zero-order chi connectivity index (χ0) is 30.8. The van der Waals surface area contributed by atoms with Gasteiger partial charge in [0.2, 0.25) is 5.78 Å². The van der Waals surface area contributed by atoms with E-state index in [0.29, 0.717) is 16.9 Å². The first-order chi connectivity index (χ1) is 18.9. The van der Waals surface area contributed by atoms with Crippen LogP contribution in [0.25, 0.3) is 5.76 Å². The number of aliphatic hydroxyl groups excluding tert-OH is 2. The Balaban J connectivity index is 1.84. The second-order valence-electron chi connectivity index (χ2n) is 12.3. The molecule has 1 saturated carbocycles. The van der Waals surface area contributed by atoms with Gasteiger partial charge in [-0.05, 0) is 71.3 Å². The number of carbonyl (C=O) groups is 4. The average Bonchev–Trinajstić information content (AvgIpc) is 2.84. The Morgan fingerprint density at radius 1 is 1.10 bits per heavy atom. The Kier molecular flexibility index (Phi) is 7.44. The fourth-order valence-electron chi connectivity index (χ4n) is 6.10. The number of hydrogen-bond acceptors (Lipinski definition) is 10. The second kappa shape index (κ2) is 10.2. The normalized spacial score (nSPS) is 25.9. The number of nitrogens with two attached hydrogens (primary N) is 1. The topological polar surface area (TPSA) is 198 Å². The highest BCUT2D eigenvalue weighted by Crippen LogP contribution is 2.52. The highest BCUT2D eigenvalue weighted by Gasteiger charge is 2.64. The maximum absolute atomic E-state index is 14.0. The third kappa shape index (κ3) is 4.94. The maximum atomic E-state index is 14.0. The molecule has 13 nitrogen and oxygen atoms in total. The number of primary amides is 1. The first kappa shape index (κ1) is 30.0. The molecule has 41 heavy (non-hydrogen) atoms. The van der Waals surface area contributed by atoms with Crippen molar-refractivity contribution >= 4 is 40.6 Å². The number of aliphatic hydroxyl groups is 3. The van der Waals surface area contributed by atoms with Gasteiger partial charge in [0.15, 0.2) is 11.4 Å². The van der Waals surface area contributed by atoms with E-state index in [9.17, 15) is 34.5 Å². The van der Waals surface area contributed by atoms with Crippen LogP contribution in [0.3, 0.4) is 0 Å². The van der Waals surface area contributed by atoms with Crippen molar-refractivity contribution in [3.05, 3.63) is 40.2 Å². The number of carbonyl (C=O) groups excluding carboxylic acids is 4. The van der Waals surface area contributed by atoms with Crippen LogP contribution in [0.2, 0.25) is 0 Å². The summed E-state index contributed by atoms with van der Waals surface area (Å²) in [6.07, 6.45) is 0.333. The maximum Gasteiger partial charge on any atom is 0.333 e. The number of hydrazine groups is 1. The molecule has 0 heterocycles. The minimum absolute atomic E-state index is 0.0551. The third-order valence-corrected chi connectivity index (χ3v) is 7.85. The lowest BCUT2D eigenvalue weighted by Gasteiger charge is -2.50. The first-order valence-electron chi connectivity index (χ1n) is 13.2. The summed E-state index contributed by atoms with van der Waals surface area (Å²) in [7, 11) is 6.74. The first-order valence-corrected chi connectivity index (χ1v) is 13.2. The van der Waals surface area contributed by atoms with Gasteiger partial charge in [-0.15, -0.1) is 0 Å². The lowest BCUT2D eigenvalue weighted by Crippen LogP contribution is -2.65. The molecule has 13 heteroatoms. The number of benzene rings is 1. The van der Waals surface area contributed by atoms with Crippen LogP contribution < -0.4 is 26.8 Å². The lowest BCUT2D eigenvalue weighted by molar-refractivity contribution is -0.153. The summed E-state index contributed by atoms with van der Waals surface area (Å²) >= 11 is 0. The predicted octanol–water partition coefficient (Wildman–Crippen LogP) is 0.749. The molecule has 8 N–H and O–H groups in total. The molecular formula is C28H38N6O7. The number of ketones is 2. The molecule has 222 valence electrons. The van der Waals surface area contributed by atoms with Gasteiger partial charge in [0.1, 0.15) is 17.1 Å². The van der Waals surface area contributed by atoms with Crippen LogP contribution in [0.15, 0.2) is 29.0 Å². The van der Waals surface area contributed by atoms with E-state index < -0.39 is 64.1 Å². The Hall–Kier alpha value is -3.94. The zero-order valence-electron chi connectivity index (χ0n) is 24.2. The summed E-state index contributed by atoms with van der Waals surface area (Å²) in [4.78, 5) is 55.2. The van der Waals surface area contributed by atoms with Crippen molar-refractivity contribution in [3.63, 3.8) is 0 Å². The summed E-state index contributed by atoms with van der Waals surface area (Å²) in [5, 5.41) is 37.0. The number of amides is 3. The fraction of sp³-hybridized carbons (Fsp3) is 0.500. The molecule has 0 aliphatic heterocycles. The number of fused-ring (bicyclic) bond motifs is 3. The number of nitrogens with zero attached hydrogens (tertiary/aromatic N) is 2. The molecule has 0 bridgehead atoms. The fourth-order valence-corrected chi connectivity index (χ4v) is 6.10. The van der Waals surface area contributed by atoms with Crippen LogP contribution in [0.4, 0.5) is 16.2 Å². The van der Waals surface area contributed by atoms with Gasteiger partial charge in [0.05, 0.1) is 6.04 Å². The molecule has 0 spiro atoms. The monoisotopic (exact) mass is 570 g/mol. The summed E-state index contributed by atoms with van der Waals surface area (Å²) in [6.45, 7) is 5.62. The number of nitrogens with one attached hydrogen (secondary N) is 3. The van der Waals surface area contributed by atoms with Crippen LogP contribution in [0, 0.1) is 11.8 Å². The molecule has 4 rings (SSSR count). The van der Waals surface area contributed by atoms with E-state index in [-0.39, 0.29) is 29.5 Å². The van der Waals surface area contributed by atoms with Crippen LogP contribution in [-0.4, -0.2) is 89.1 Å². The summed E-state index contributed by atoms with van der Waals surface area (Å²) in [6, 6.07) is 1.60. The van der Waals surface area contributed by atoms with Crippen LogP contribution in [-0.2, 0) is 20.8 Å². The molecule has 3 aliphatic carbocycles. The molecule has 0 aromatic heterocycles. The van der Waals surface area contributed by atoms with Crippen molar-refractivity contribution in [2.75, 3.05) is 38.4 Å². The molecule has 4 atom stereocenters. The highest BCUT2D eigenvalue weighted by molar-refractivity contribution is 6.24. The van der Waals surface area contributed by atoms with Crippen LogP contribution in [0.1, 0.15) is 38.3 Å². The van der Waals surface area contributed by atoms with Crippen LogP contribution >= 0.6 is 0 Å². The SMILES string of the molecule is CN(C)c1cc(NC(=O)NNC(C)(C)C)cc2c1CC1CC3[C@H](N(C)C)C(=O)C(C(N)=O)=C(O)[C@@]3(O)C(=O)C1=C2O. The van der Waals surface area contributed by atoms with Gasteiger partial charge in [-0.25, -0.2) is 10.2 Å². The smallest absolute Gasteiger partial charge is 0.333 e. The van der Waals surface area contributed by atoms with Gasteiger partial charge in [-0.2, -0.15) is 0 Å². The predicted molar refractivity (Wildman–Crippen MR) is 152 cm³/mol. The minimum Gasteiger partial charge on any atom is -0.508 e. The van der Waals surface area contributed by atoms with Crippen molar-refractivity contribution < 1.29 is 34.5 Å². The molecule has 1 fully saturated rings. The molecule has 0 radical (unpaired) electrons. The van der Waals surface area contributed by atoms with Crippen LogP contribution in [0.5, 0.6) is 0 Å². The lowest BCUT2D eigenvalue weighted by atomic mass is 9.57. The summed E-state index contributed by atoms with van der Waals surface area (Å²) < 4.78 is 0. The number of urea groups is 1. The minimum atomic E-state index is -2.65. The van der Waals surface area contributed by atoms with E-state index >= 15 is 0 Å². The quantitative estimate of drug-likeness (QED) is 0.196. The van der Waals surface area contributed by atoms with Crippen molar-refractivity contribution in [1.82, 2.24) is 15.8 Å². The van der Waals surface area contributed by atoms with E-state index in [1.165, 1.54) is 11.0 Å². The van der Waals surface area contributed by atoms with Crippen molar-refractivity contribution in [3.8, 4) is 0 Å². The largest absolute Gasteiger partial charge is 0.508 e. The Morgan fingerprint density at radius 2 is 1.73 bits per heavy atom. The average molecular weight is 571 g/mol. The molecule has 1 aromatic carbocycles. The van der Waals surface area contributed by atoms with Crippen molar-refractivity contribution in [2.24, 2.45) is 17.6 Å².